The van der Waals surface area contributed by atoms with Crippen LogP contribution in [0.25, 0.3) is 22.1 Å². The number of carbonyl (C=O) groups is 1. The molecule has 3 aromatic carbocycles. The summed E-state index contributed by atoms with van der Waals surface area (Å²) in [5.74, 6) is 1.55. The predicted octanol–water partition coefficient (Wildman–Crippen LogP) is 3.22. The van der Waals surface area contributed by atoms with Crippen LogP contribution in [-0.4, -0.2) is 37.8 Å². The number of hydrogen-bond donors (Lipinski definition) is 4. The van der Waals surface area contributed by atoms with E-state index in [1.54, 1.807) is 24.3 Å². The number of carbonyl (C=O) groups excluding carboxylic acids is 1. The molecule has 33 heavy (non-hydrogen) atoms. The molecule has 0 radical (unpaired) electrons. The van der Waals surface area contributed by atoms with Crippen molar-refractivity contribution in [1.82, 2.24) is 24.8 Å². The third-order valence-electron chi connectivity index (χ3n) is 5.56. The lowest BCUT2D eigenvalue weighted by atomic mass is 10.2. The van der Waals surface area contributed by atoms with E-state index in [2.05, 4.69) is 19.9 Å². The second kappa shape index (κ2) is 8.58. The van der Waals surface area contributed by atoms with Gasteiger partial charge in [-0.15, -0.1) is 0 Å². The van der Waals surface area contributed by atoms with Gasteiger partial charge >= 0.3 is 0 Å². The van der Waals surface area contributed by atoms with Gasteiger partial charge in [0.2, 0.25) is 0 Å². The molecule has 0 spiro atoms. The van der Waals surface area contributed by atoms with Crippen molar-refractivity contribution in [3.05, 3.63) is 95.6 Å². The molecule has 0 unspecified atom stereocenters. The first-order chi connectivity index (χ1) is 16.1. The van der Waals surface area contributed by atoms with Crippen LogP contribution in [0.2, 0.25) is 0 Å². The molecule has 0 saturated carbocycles. The van der Waals surface area contributed by atoms with Crippen molar-refractivity contribution >= 4 is 33.8 Å². The monoisotopic (exact) mass is 437 g/mol. The molecule has 0 aliphatic rings. The second-order valence-corrected chi connectivity index (χ2v) is 7.80. The molecule has 2 aromatic heterocycles. The van der Waals surface area contributed by atoms with Gasteiger partial charge in [0.15, 0.2) is 0 Å². The van der Waals surface area contributed by atoms with Crippen molar-refractivity contribution in [2.75, 3.05) is 6.54 Å². The Morgan fingerprint density at radius 3 is 2.58 bits per heavy atom. The summed E-state index contributed by atoms with van der Waals surface area (Å²) in [5.41, 5.74) is 10.4. The van der Waals surface area contributed by atoms with Gasteiger partial charge in [0.05, 0.1) is 28.5 Å². The predicted molar refractivity (Wildman–Crippen MR) is 128 cm³/mol. The number of para-hydroxylation sites is 2. The molecule has 0 aliphatic carbocycles. The van der Waals surface area contributed by atoms with Gasteiger partial charge in [-0.05, 0) is 42.5 Å². The smallest absolute Gasteiger partial charge is 0.251 e. The van der Waals surface area contributed by atoms with E-state index < -0.39 is 0 Å². The van der Waals surface area contributed by atoms with Crippen LogP contribution in [0.3, 0.4) is 0 Å². The molecule has 5 N–H and O–H groups in total. The van der Waals surface area contributed by atoms with Gasteiger partial charge in [0, 0.05) is 24.2 Å². The summed E-state index contributed by atoms with van der Waals surface area (Å²) in [6.07, 6.45) is 0.505. The highest BCUT2D eigenvalue weighted by Gasteiger charge is 2.14. The van der Waals surface area contributed by atoms with Gasteiger partial charge < -0.3 is 20.6 Å². The van der Waals surface area contributed by atoms with Gasteiger partial charge in [-0.1, -0.05) is 30.3 Å². The molecular weight excluding hydrogens is 414 g/mol. The summed E-state index contributed by atoms with van der Waals surface area (Å²) >= 11 is 0. The second-order valence-electron chi connectivity index (χ2n) is 7.80. The van der Waals surface area contributed by atoms with Crippen LogP contribution in [-0.2, 0) is 13.0 Å². The van der Waals surface area contributed by atoms with E-state index >= 15 is 0 Å². The fourth-order valence-electron chi connectivity index (χ4n) is 3.94. The summed E-state index contributed by atoms with van der Waals surface area (Å²) in [5, 5.41) is 10.6. The number of nitrogens with two attached hydrogens (primary N) is 1. The summed E-state index contributed by atoms with van der Waals surface area (Å²) in [6.45, 7) is 1.06. The number of H-pyrrole nitrogens is 1. The van der Waals surface area contributed by atoms with Crippen LogP contribution in [0.5, 0.6) is 0 Å². The topological polar surface area (TPSA) is 125 Å². The minimum Gasteiger partial charge on any atom is -0.384 e. The number of rotatable bonds is 7. The molecule has 5 rings (SSSR count). The highest BCUT2D eigenvalue weighted by molar-refractivity contribution is 5.98. The number of nitrogens with one attached hydrogen (secondary N) is 3. The van der Waals surface area contributed by atoms with E-state index in [1.165, 1.54) is 0 Å². The zero-order valence-corrected chi connectivity index (χ0v) is 17.9. The average Bonchev–Trinajstić information content (AvgIpc) is 3.39. The van der Waals surface area contributed by atoms with Gasteiger partial charge in [0.1, 0.15) is 17.5 Å². The SMILES string of the molecule is N=C(N)c1ccc2[nH]c(Cc3nc4ccccc4n3CCNC(=O)c3ccccc3)nc2c1. The molecule has 0 saturated heterocycles. The maximum Gasteiger partial charge on any atom is 0.251 e. The highest BCUT2D eigenvalue weighted by Crippen LogP contribution is 2.20. The van der Waals surface area contributed by atoms with Crippen molar-refractivity contribution in [3.63, 3.8) is 0 Å². The first-order valence-electron chi connectivity index (χ1n) is 10.7. The molecular formula is C25H23N7O. The maximum absolute atomic E-state index is 12.4. The Hall–Kier alpha value is -4.46. The number of nitrogen functional groups attached to an aromatic ring is 1. The lowest BCUT2D eigenvalue weighted by Gasteiger charge is -2.10. The van der Waals surface area contributed by atoms with E-state index in [0.29, 0.717) is 30.6 Å². The number of hydrogen-bond acceptors (Lipinski definition) is 4. The van der Waals surface area contributed by atoms with E-state index in [9.17, 15) is 4.79 Å². The Bertz CT molecular complexity index is 1470. The van der Waals surface area contributed by atoms with Crippen molar-refractivity contribution in [2.24, 2.45) is 5.73 Å². The third kappa shape index (κ3) is 4.18. The lowest BCUT2D eigenvalue weighted by Crippen LogP contribution is -2.27. The minimum absolute atomic E-state index is 0.0146. The summed E-state index contributed by atoms with van der Waals surface area (Å²) in [7, 11) is 0. The first kappa shape index (κ1) is 20.4. The van der Waals surface area contributed by atoms with Crippen LogP contribution in [0.1, 0.15) is 27.6 Å². The zero-order valence-electron chi connectivity index (χ0n) is 17.9. The Kier molecular flexibility index (Phi) is 5.32. The number of amidine groups is 1. The van der Waals surface area contributed by atoms with Crippen LogP contribution in [0.15, 0.2) is 72.8 Å². The summed E-state index contributed by atoms with van der Waals surface area (Å²) in [4.78, 5) is 25.2. The van der Waals surface area contributed by atoms with Crippen molar-refractivity contribution in [2.45, 2.75) is 13.0 Å². The van der Waals surface area contributed by atoms with E-state index in [0.717, 1.165) is 33.7 Å². The van der Waals surface area contributed by atoms with Crippen LogP contribution in [0, 0.1) is 5.41 Å². The number of fused-ring (bicyclic) bond motifs is 2. The number of amides is 1. The van der Waals surface area contributed by atoms with Gasteiger partial charge in [0.25, 0.3) is 5.91 Å². The van der Waals surface area contributed by atoms with E-state index in [-0.39, 0.29) is 11.7 Å². The fourth-order valence-corrected chi connectivity index (χ4v) is 3.94. The number of imidazole rings is 2. The average molecular weight is 438 g/mol. The van der Waals surface area contributed by atoms with Gasteiger partial charge in [-0.2, -0.15) is 0 Å². The maximum atomic E-state index is 12.4. The van der Waals surface area contributed by atoms with Crippen molar-refractivity contribution in [1.29, 1.82) is 5.41 Å². The Morgan fingerprint density at radius 2 is 1.76 bits per heavy atom. The third-order valence-corrected chi connectivity index (χ3v) is 5.56. The quantitative estimate of drug-likeness (QED) is 0.230. The Balaban J connectivity index is 1.39. The summed E-state index contributed by atoms with van der Waals surface area (Å²) in [6, 6.07) is 22.6. The number of benzene rings is 3. The molecule has 0 atom stereocenters. The molecule has 2 heterocycles. The molecule has 0 aliphatic heterocycles. The molecule has 8 heteroatoms. The van der Waals surface area contributed by atoms with Crippen molar-refractivity contribution < 1.29 is 4.79 Å². The molecule has 5 aromatic rings. The Morgan fingerprint density at radius 1 is 0.970 bits per heavy atom. The standard InChI is InChI=1S/C25H23N7O/c26-24(27)17-10-11-18-20(14-17)30-22(29-18)15-23-31-19-8-4-5-9-21(19)32(23)13-12-28-25(33)16-6-2-1-3-7-16/h1-11,14H,12-13,15H2,(H3,26,27)(H,28,33)(H,29,30). The van der Waals surface area contributed by atoms with Gasteiger partial charge in [-0.25, -0.2) is 9.97 Å². The summed E-state index contributed by atoms with van der Waals surface area (Å²) < 4.78 is 2.12. The molecule has 0 bridgehead atoms. The first-order valence-corrected chi connectivity index (χ1v) is 10.7. The van der Waals surface area contributed by atoms with E-state index in [4.69, 9.17) is 16.1 Å². The normalized spacial score (nSPS) is 11.2. The fraction of sp³-hybridized carbons (Fsp3) is 0.120. The largest absolute Gasteiger partial charge is 0.384 e. The van der Waals surface area contributed by atoms with Crippen molar-refractivity contribution in [3.8, 4) is 0 Å². The number of aromatic nitrogens is 4. The molecule has 0 fully saturated rings. The minimum atomic E-state index is -0.0971. The highest BCUT2D eigenvalue weighted by atomic mass is 16.1. The van der Waals surface area contributed by atoms with Gasteiger partial charge in [-0.3, -0.25) is 10.2 Å². The molecule has 164 valence electrons. The molecule has 1 amide bonds. The number of aromatic amines is 1. The molecule has 8 nitrogen and oxygen atoms in total. The lowest BCUT2D eigenvalue weighted by molar-refractivity contribution is 0.0952. The van der Waals surface area contributed by atoms with E-state index in [1.807, 2.05) is 48.5 Å². The number of nitrogens with zero attached hydrogens (tertiary/aromatic N) is 3. The van der Waals surface area contributed by atoms with Crippen LogP contribution in [0.4, 0.5) is 0 Å². The van der Waals surface area contributed by atoms with Crippen LogP contribution >= 0.6 is 0 Å². The Labute approximate surface area is 190 Å². The van der Waals surface area contributed by atoms with Crippen LogP contribution < -0.4 is 11.1 Å². The zero-order chi connectivity index (χ0) is 22.8.